The SMILES string of the molecule is O=C(/C=C/c1ccccc1F)NNC(=O)C1CCCCC1. The molecule has 1 fully saturated rings. The molecule has 0 aliphatic heterocycles. The van der Waals surface area contributed by atoms with Crippen molar-refractivity contribution >= 4 is 17.9 Å². The zero-order chi connectivity index (χ0) is 15.1. The summed E-state index contributed by atoms with van der Waals surface area (Å²) in [5, 5.41) is 0. The van der Waals surface area contributed by atoms with E-state index in [0.717, 1.165) is 25.7 Å². The normalized spacial score (nSPS) is 15.9. The van der Waals surface area contributed by atoms with Crippen LogP contribution in [0, 0.1) is 11.7 Å². The van der Waals surface area contributed by atoms with Crippen molar-refractivity contribution in [1.29, 1.82) is 0 Å². The Labute approximate surface area is 123 Å². The van der Waals surface area contributed by atoms with E-state index in [2.05, 4.69) is 10.9 Å². The minimum absolute atomic E-state index is 0.0189. The number of rotatable bonds is 3. The first-order valence-corrected chi connectivity index (χ1v) is 7.19. The molecule has 0 saturated heterocycles. The summed E-state index contributed by atoms with van der Waals surface area (Å²) in [4.78, 5) is 23.4. The van der Waals surface area contributed by atoms with Gasteiger partial charge < -0.3 is 0 Å². The van der Waals surface area contributed by atoms with Crippen LogP contribution in [0.4, 0.5) is 4.39 Å². The second-order valence-corrected chi connectivity index (χ2v) is 5.17. The molecule has 1 aliphatic rings. The third-order valence-corrected chi connectivity index (χ3v) is 3.60. The average molecular weight is 290 g/mol. The van der Waals surface area contributed by atoms with Crippen LogP contribution in [-0.4, -0.2) is 11.8 Å². The summed E-state index contributed by atoms with van der Waals surface area (Å²) in [6.45, 7) is 0. The molecule has 21 heavy (non-hydrogen) atoms. The Balaban J connectivity index is 1.79. The summed E-state index contributed by atoms with van der Waals surface area (Å²) >= 11 is 0. The van der Waals surface area contributed by atoms with E-state index in [9.17, 15) is 14.0 Å². The smallest absolute Gasteiger partial charge is 0.262 e. The molecule has 0 aromatic heterocycles. The van der Waals surface area contributed by atoms with Crippen molar-refractivity contribution in [3.05, 3.63) is 41.7 Å². The maximum absolute atomic E-state index is 13.3. The zero-order valence-corrected chi connectivity index (χ0v) is 11.8. The van der Waals surface area contributed by atoms with E-state index in [1.165, 1.54) is 24.6 Å². The predicted molar refractivity (Wildman–Crippen MR) is 78.3 cm³/mol. The molecule has 2 N–H and O–H groups in total. The number of halogens is 1. The molecule has 2 rings (SSSR count). The summed E-state index contributed by atoms with van der Waals surface area (Å²) < 4.78 is 13.3. The van der Waals surface area contributed by atoms with Gasteiger partial charge in [0.2, 0.25) is 5.91 Å². The summed E-state index contributed by atoms with van der Waals surface area (Å²) in [5.74, 6) is -1.05. The minimum atomic E-state index is -0.484. The Hall–Kier alpha value is -2.17. The minimum Gasteiger partial charge on any atom is -0.273 e. The number of amides is 2. The first-order chi connectivity index (χ1) is 10.2. The maximum Gasteiger partial charge on any atom is 0.262 e. The molecule has 112 valence electrons. The van der Waals surface area contributed by atoms with Gasteiger partial charge in [-0.1, -0.05) is 37.5 Å². The highest BCUT2D eigenvalue weighted by atomic mass is 19.1. The highest BCUT2D eigenvalue weighted by Gasteiger charge is 2.20. The van der Waals surface area contributed by atoms with Gasteiger partial charge in [0.05, 0.1) is 0 Å². The first-order valence-electron chi connectivity index (χ1n) is 7.19. The lowest BCUT2D eigenvalue weighted by atomic mass is 9.89. The molecule has 0 spiro atoms. The molecule has 0 radical (unpaired) electrons. The zero-order valence-electron chi connectivity index (χ0n) is 11.8. The summed E-state index contributed by atoms with van der Waals surface area (Å²) in [7, 11) is 0. The Morgan fingerprint density at radius 2 is 1.81 bits per heavy atom. The van der Waals surface area contributed by atoms with Crippen molar-refractivity contribution < 1.29 is 14.0 Å². The van der Waals surface area contributed by atoms with Crippen LogP contribution >= 0.6 is 0 Å². The number of benzene rings is 1. The summed E-state index contributed by atoms with van der Waals surface area (Å²) in [6, 6.07) is 6.16. The largest absolute Gasteiger partial charge is 0.273 e. The van der Waals surface area contributed by atoms with Crippen molar-refractivity contribution in [3.8, 4) is 0 Å². The van der Waals surface area contributed by atoms with Gasteiger partial charge in [-0.2, -0.15) is 0 Å². The standard InChI is InChI=1S/C16H19FN2O2/c17-14-9-5-4-6-12(14)10-11-15(20)18-19-16(21)13-7-2-1-3-8-13/h4-6,9-11,13H,1-3,7-8H2,(H,18,20)(H,19,21)/b11-10+. The molecule has 1 aromatic rings. The number of carbonyl (C=O) groups is 2. The van der Waals surface area contributed by atoms with Gasteiger partial charge in [-0.15, -0.1) is 0 Å². The highest BCUT2D eigenvalue weighted by Crippen LogP contribution is 2.23. The molecular weight excluding hydrogens is 271 g/mol. The topological polar surface area (TPSA) is 58.2 Å². The lowest BCUT2D eigenvalue weighted by molar-refractivity contribution is -0.130. The van der Waals surface area contributed by atoms with Crippen LogP contribution < -0.4 is 10.9 Å². The number of hydrogen-bond donors (Lipinski definition) is 2. The van der Waals surface area contributed by atoms with Gasteiger partial charge in [-0.05, 0) is 25.0 Å². The van der Waals surface area contributed by atoms with Crippen molar-refractivity contribution in [2.75, 3.05) is 0 Å². The van der Waals surface area contributed by atoms with Gasteiger partial charge in [-0.25, -0.2) is 4.39 Å². The second kappa shape index (κ2) is 7.57. The first kappa shape index (κ1) is 15.2. The molecule has 0 atom stereocenters. The third-order valence-electron chi connectivity index (χ3n) is 3.60. The van der Waals surface area contributed by atoms with Crippen LogP contribution in [0.15, 0.2) is 30.3 Å². The van der Waals surface area contributed by atoms with Gasteiger partial charge in [0.1, 0.15) is 5.82 Å². The molecule has 2 amide bonds. The molecule has 1 aliphatic carbocycles. The number of nitrogens with one attached hydrogen (secondary N) is 2. The maximum atomic E-state index is 13.3. The fraction of sp³-hybridized carbons (Fsp3) is 0.375. The summed E-state index contributed by atoms with van der Waals surface area (Å²) in [6.07, 6.45) is 7.58. The Morgan fingerprint density at radius 1 is 1.10 bits per heavy atom. The molecule has 0 unspecified atom stereocenters. The number of hydrazine groups is 1. The Bertz CT molecular complexity index is 537. The van der Waals surface area contributed by atoms with Gasteiger partial charge in [0.15, 0.2) is 0 Å². The number of carbonyl (C=O) groups excluding carboxylic acids is 2. The lowest BCUT2D eigenvalue weighted by Gasteiger charge is -2.20. The molecule has 5 heteroatoms. The molecule has 0 heterocycles. The highest BCUT2D eigenvalue weighted by molar-refractivity contribution is 5.93. The van der Waals surface area contributed by atoms with Crippen LogP contribution in [0.25, 0.3) is 6.08 Å². The fourth-order valence-corrected chi connectivity index (χ4v) is 2.41. The van der Waals surface area contributed by atoms with Gasteiger partial charge in [0, 0.05) is 17.6 Å². The van der Waals surface area contributed by atoms with E-state index in [-0.39, 0.29) is 11.8 Å². The second-order valence-electron chi connectivity index (χ2n) is 5.17. The molecule has 0 bridgehead atoms. The van der Waals surface area contributed by atoms with E-state index in [0.29, 0.717) is 5.56 Å². The summed E-state index contributed by atoms with van der Waals surface area (Å²) in [5.41, 5.74) is 5.07. The molecule has 1 saturated carbocycles. The van der Waals surface area contributed by atoms with Crippen molar-refractivity contribution in [1.82, 2.24) is 10.9 Å². The van der Waals surface area contributed by atoms with Crippen LogP contribution in [0.1, 0.15) is 37.7 Å². The van der Waals surface area contributed by atoms with Crippen LogP contribution in [0.3, 0.4) is 0 Å². The Morgan fingerprint density at radius 3 is 2.52 bits per heavy atom. The van der Waals surface area contributed by atoms with Crippen LogP contribution in [0.2, 0.25) is 0 Å². The lowest BCUT2D eigenvalue weighted by Crippen LogP contribution is -2.44. The van der Waals surface area contributed by atoms with E-state index in [1.807, 2.05) is 0 Å². The Kier molecular flexibility index (Phi) is 5.49. The average Bonchev–Trinajstić information content (AvgIpc) is 2.52. The van der Waals surface area contributed by atoms with Gasteiger partial charge >= 0.3 is 0 Å². The predicted octanol–water partition coefficient (Wildman–Crippen LogP) is 2.57. The molecule has 4 nitrogen and oxygen atoms in total. The van der Waals surface area contributed by atoms with Crippen molar-refractivity contribution in [2.24, 2.45) is 5.92 Å². The monoisotopic (exact) mass is 290 g/mol. The van der Waals surface area contributed by atoms with E-state index in [4.69, 9.17) is 0 Å². The van der Waals surface area contributed by atoms with Crippen molar-refractivity contribution in [3.63, 3.8) is 0 Å². The quantitative estimate of drug-likeness (QED) is 0.664. The van der Waals surface area contributed by atoms with Gasteiger partial charge in [-0.3, -0.25) is 20.4 Å². The molecule has 1 aromatic carbocycles. The van der Waals surface area contributed by atoms with Crippen molar-refractivity contribution in [2.45, 2.75) is 32.1 Å². The van der Waals surface area contributed by atoms with E-state index in [1.54, 1.807) is 18.2 Å². The third kappa shape index (κ3) is 4.70. The van der Waals surface area contributed by atoms with Crippen LogP contribution in [-0.2, 0) is 9.59 Å². The number of hydrogen-bond acceptors (Lipinski definition) is 2. The van der Waals surface area contributed by atoms with E-state index < -0.39 is 11.7 Å². The van der Waals surface area contributed by atoms with Gasteiger partial charge in [0.25, 0.3) is 5.91 Å². The fourth-order valence-electron chi connectivity index (χ4n) is 2.41. The van der Waals surface area contributed by atoms with E-state index >= 15 is 0 Å². The van der Waals surface area contributed by atoms with Crippen LogP contribution in [0.5, 0.6) is 0 Å². The molecular formula is C16H19FN2O2.